The Balaban J connectivity index is 2.44. The van der Waals surface area contributed by atoms with Gasteiger partial charge in [-0.15, -0.1) is 0 Å². The van der Waals surface area contributed by atoms with Gasteiger partial charge in [0.05, 0.1) is 23.9 Å². The van der Waals surface area contributed by atoms with Crippen LogP contribution in [-0.2, 0) is 0 Å². The Morgan fingerprint density at radius 3 is 2.61 bits per heavy atom. The van der Waals surface area contributed by atoms with Crippen molar-refractivity contribution in [2.75, 3.05) is 18.6 Å². The Hall–Kier alpha value is -2.96. The average Bonchev–Trinajstić information content (AvgIpc) is 2.55. The maximum Gasteiger partial charge on any atom is 0.285 e. The number of ether oxygens (including phenoxy) is 1. The summed E-state index contributed by atoms with van der Waals surface area (Å²) >= 11 is 0. The Bertz CT molecular complexity index is 729. The first-order valence-electron chi connectivity index (χ1n) is 7.05. The first kappa shape index (κ1) is 16.4. The normalized spacial score (nSPS) is 10.2. The number of nitrogens with zero attached hydrogens (tertiary/aromatic N) is 3. The summed E-state index contributed by atoms with van der Waals surface area (Å²) in [6.07, 6.45) is 1.50. The van der Waals surface area contributed by atoms with Crippen LogP contribution in [0.15, 0.2) is 36.5 Å². The van der Waals surface area contributed by atoms with E-state index >= 15 is 0 Å². The van der Waals surface area contributed by atoms with Crippen LogP contribution in [-0.4, -0.2) is 29.5 Å². The number of pyridine rings is 1. The highest BCUT2D eigenvalue weighted by Crippen LogP contribution is 2.26. The molecule has 0 N–H and O–H groups in total. The van der Waals surface area contributed by atoms with Crippen LogP contribution in [0.5, 0.6) is 5.88 Å². The smallest absolute Gasteiger partial charge is 0.285 e. The fourth-order valence-electron chi connectivity index (χ4n) is 2.32. The first-order valence-corrected chi connectivity index (χ1v) is 7.05. The quantitative estimate of drug-likeness (QED) is 0.625. The van der Waals surface area contributed by atoms with Gasteiger partial charge >= 0.3 is 0 Å². The zero-order valence-electron chi connectivity index (χ0n) is 13.1. The number of rotatable bonds is 5. The number of carbonyl (C=O) groups is 1. The fourth-order valence-corrected chi connectivity index (χ4v) is 2.32. The lowest BCUT2D eigenvalue weighted by atomic mass is 10.1. The molecule has 1 amide bonds. The highest BCUT2D eigenvalue weighted by molar-refractivity contribution is 6.08. The van der Waals surface area contributed by atoms with Gasteiger partial charge in [0, 0.05) is 18.2 Å². The number of aryl methyl sites for hydroxylation is 1. The highest BCUT2D eigenvalue weighted by Gasteiger charge is 2.26. The van der Waals surface area contributed by atoms with E-state index < -0.39 is 10.8 Å². The molecule has 0 aliphatic heterocycles. The minimum absolute atomic E-state index is 0.0627. The van der Waals surface area contributed by atoms with Crippen LogP contribution >= 0.6 is 0 Å². The Morgan fingerprint density at radius 1 is 1.35 bits per heavy atom. The van der Waals surface area contributed by atoms with Crippen LogP contribution in [0.3, 0.4) is 0 Å². The lowest BCUT2D eigenvalue weighted by Gasteiger charge is -2.21. The predicted molar refractivity (Wildman–Crippen MR) is 86.0 cm³/mol. The molecule has 0 atom stereocenters. The third kappa shape index (κ3) is 3.28. The van der Waals surface area contributed by atoms with Gasteiger partial charge in [-0.1, -0.05) is 12.1 Å². The zero-order valence-corrected chi connectivity index (χ0v) is 13.1. The third-order valence-electron chi connectivity index (χ3n) is 3.45. The Labute approximate surface area is 133 Å². The molecule has 0 radical (unpaired) electrons. The number of amides is 1. The van der Waals surface area contributed by atoms with E-state index in [1.165, 1.54) is 24.3 Å². The fraction of sp³-hybridized carbons (Fsp3) is 0.250. The lowest BCUT2D eigenvalue weighted by Crippen LogP contribution is -2.31. The van der Waals surface area contributed by atoms with Crippen molar-refractivity contribution in [2.45, 2.75) is 13.8 Å². The molecule has 1 aromatic heterocycles. The van der Waals surface area contributed by atoms with Crippen LogP contribution in [0, 0.1) is 17.0 Å². The minimum Gasteiger partial charge on any atom is -0.481 e. The number of carbonyl (C=O) groups excluding carboxylic acids is 1. The van der Waals surface area contributed by atoms with Gasteiger partial charge in [-0.05, 0) is 26.0 Å². The van der Waals surface area contributed by atoms with Crippen molar-refractivity contribution in [3.05, 3.63) is 57.8 Å². The molecule has 7 heteroatoms. The summed E-state index contributed by atoms with van der Waals surface area (Å²) in [5.41, 5.74) is 0.893. The molecule has 0 unspecified atom stereocenters. The van der Waals surface area contributed by atoms with E-state index in [4.69, 9.17) is 4.74 Å². The number of benzene rings is 1. The molecule has 0 saturated carbocycles. The van der Waals surface area contributed by atoms with E-state index in [0.29, 0.717) is 23.7 Å². The van der Waals surface area contributed by atoms with E-state index in [1.807, 2.05) is 0 Å². The molecule has 0 saturated heterocycles. The van der Waals surface area contributed by atoms with Crippen molar-refractivity contribution in [1.82, 2.24) is 4.98 Å². The van der Waals surface area contributed by atoms with Gasteiger partial charge < -0.3 is 9.64 Å². The number of nitro groups is 1. The number of aromatic nitrogens is 1. The van der Waals surface area contributed by atoms with Crippen LogP contribution in [0.1, 0.15) is 22.8 Å². The van der Waals surface area contributed by atoms with Gasteiger partial charge in [-0.3, -0.25) is 14.9 Å². The SMILES string of the molecule is CCN(C(=O)c1cccc(C)c1[N+](=O)[O-])c1ccc(OC)nc1. The van der Waals surface area contributed by atoms with Gasteiger partial charge in [-0.2, -0.15) is 0 Å². The number of para-hydroxylation sites is 1. The molecular weight excluding hydrogens is 298 g/mol. The van der Waals surface area contributed by atoms with Gasteiger partial charge in [0.15, 0.2) is 0 Å². The number of methoxy groups -OCH3 is 1. The van der Waals surface area contributed by atoms with E-state index in [1.54, 1.807) is 38.1 Å². The van der Waals surface area contributed by atoms with Gasteiger partial charge in [0.1, 0.15) is 5.56 Å². The van der Waals surface area contributed by atoms with Crippen molar-refractivity contribution >= 4 is 17.3 Å². The molecule has 7 nitrogen and oxygen atoms in total. The Kier molecular flexibility index (Phi) is 4.90. The Morgan fingerprint density at radius 2 is 2.09 bits per heavy atom. The minimum atomic E-state index is -0.525. The molecule has 2 aromatic rings. The summed E-state index contributed by atoms with van der Waals surface area (Å²) in [5.74, 6) is -0.00588. The summed E-state index contributed by atoms with van der Waals surface area (Å²) < 4.78 is 4.99. The third-order valence-corrected chi connectivity index (χ3v) is 3.45. The van der Waals surface area contributed by atoms with E-state index in [9.17, 15) is 14.9 Å². The largest absolute Gasteiger partial charge is 0.481 e. The maximum atomic E-state index is 12.8. The first-order chi connectivity index (χ1) is 11.0. The van der Waals surface area contributed by atoms with Crippen molar-refractivity contribution < 1.29 is 14.5 Å². The molecule has 23 heavy (non-hydrogen) atoms. The average molecular weight is 315 g/mol. The van der Waals surface area contributed by atoms with Crippen molar-refractivity contribution in [3.63, 3.8) is 0 Å². The van der Waals surface area contributed by atoms with Crippen LogP contribution < -0.4 is 9.64 Å². The number of hydrogen-bond donors (Lipinski definition) is 0. The van der Waals surface area contributed by atoms with Crippen molar-refractivity contribution in [2.24, 2.45) is 0 Å². The van der Waals surface area contributed by atoms with E-state index in [2.05, 4.69) is 4.98 Å². The monoisotopic (exact) mass is 315 g/mol. The summed E-state index contributed by atoms with van der Waals surface area (Å²) in [6.45, 7) is 3.77. The molecule has 120 valence electrons. The van der Waals surface area contributed by atoms with Gasteiger partial charge in [0.2, 0.25) is 5.88 Å². The summed E-state index contributed by atoms with van der Waals surface area (Å²) in [5, 5.41) is 11.3. The van der Waals surface area contributed by atoms with Crippen LogP contribution in [0.2, 0.25) is 0 Å². The van der Waals surface area contributed by atoms with Gasteiger partial charge in [-0.25, -0.2) is 4.98 Å². The van der Waals surface area contributed by atoms with E-state index in [-0.39, 0.29) is 11.3 Å². The second kappa shape index (κ2) is 6.87. The number of hydrogen-bond acceptors (Lipinski definition) is 5. The predicted octanol–water partition coefficient (Wildman–Crippen LogP) is 2.97. The van der Waals surface area contributed by atoms with Gasteiger partial charge in [0.25, 0.3) is 11.6 Å². The highest BCUT2D eigenvalue weighted by atomic mass is 16.6. The van der Waals surface area contributed by atoms with Crippen LogP contribution in [0.4, 0.5) is 11.4 Å². The molecule has 1 aromatic carbocycles. The van der Waals surface area contributed by atoms with Crippen molar-refractivity contribution in [1.29, 1.82) is 0 Å². The second-order valence-corrected chi connectivity index (χ2v) is 4.84. The summed E-state index contributed by atoms with van der Waals surface area (Å²) in [6, 6.07) is 8.04. The molecule has 1 heterocycles. The molecule has 0 aliphatic rings. The topological polar surface area (TPSA) is 85.6 Å². The second-order valence-electron chi connectivity index (χ2n) is 4.84. The van der Waals surface area contributed by atoms with E-state index in [0.717, 1.165) is 0 Å². The summed E-state index contributed by atoms with van der Waals surface area (Å²) in [7, 11) is 1.50. The van der Waals surface area contributed by atoms with Crippen LogP contribution in [0.25, 0.3) is 0 Å². The standard InChI is InChI=1S/C16H17N3O4/c1-4-18(12-8-9-14(23-3)17-10-12)16(20)13-7-5-6-11(2)15(13)19(21)22/h5-10H,4H2,1-3H3. The molecule has 0 spiro atoms. The molecule has 0 bridgehead atoms. The molecule has 0 fully saturated rings. The molecular formula is C16H17N3O4. The molecule has 2 rings (SSSR count). The zero-order chi connectivity index (χ0) is 17.0. The lowest BCUT2D eigenvalue weighted by molar-refractivity contribution is -0.385. The molecule has 0 aliphatic carbocycles. The maximum absolute atomic E-state index is 12.8. The summed E-state index contributed by atoms with van der Waals surface area (Å²) in [4.78, 5) is 29.0. The number of nitro benzene ring substituents is 1. The van der Waals surface area contributed by atoms with Crippen molar-refractivity contribution in [3.8, 4) is 5.88 Å². The number of anilines is 1.